The van der Waals surface area contributed by atoms with Crippen molar-refractivity contribution in [2.45, 2.75) is 25.2 Å². The van der Waals surface area contributed by atoms with Gasteiger partial charge in [-0.3, -0.25) is 5.10 Å². The molecule has 6 heteroatoms. The summed E-state index contributed by atoms with van der Waals surface area (Å²) in [6, 6.07) is 0. The Kier molecular flexibility index (Phi) is 3.05. The highest BCUT2D eigenvalue weighted by Gasteiger charge is 2.16. The second-order valence-corrected chi connectivity index (χ2v) is 4.49. The highest BCUT2D eigenvalue weighted by molar-refractivity contribution is 7.89. The molecule has 0 aromatic carbocycles. The van der Waals surface area contributed by atoms with E-state index in [4.69, 9.17) is 0 Å². The number of rotatable bonds is 4. The van der Waals surface area contributed by atoms with Crippen LogP contribution in [0.5, 0.6) is 0 Å². The molecular weight excluding hydrogens is 190 g/mol. The lowest BCUT2D eigenvalue weighted by Gasteiger charge is -2.02. The molecule has 1 aromatic heterocycles. The first-order chi connectivity index (χ1) is 6.08. The van der Waals surface area contributed by atoms with Gasteiger partial charge in [-0.2, -0.15) is 5.10 Å². The number of hydrogen-bond acceptors (Lipinski definition) is 3. The molecule has 0 bridgehead atoms. The Bertz CT molecular complexity index is 369. The van der Waals surface area contributed by atoms with E-state index in [0.717, 1.165) is 6.42 Å². The number of H-pyrrole nitrogens is 1. The van der Waals surface area contributed by atoms with Crippen LogP contribution in [0.25, 0.3) is 0 Å². The van der Waals surface area contributed by atoms with Crippen LogP contribution in [0.4, 0.5) is 0 Å². The topological polar surface area (TPSA) is 74.8 Å². The molecule has 0 fully saturated rings. The van der Waals surface area contributed by atoms with E-state index >= 15 is 0 Å². The first-order valence-electron chi connectivity index (χ1n) is 4.07. The van der Waals surface area contributed by atoms with Crippen LogP contribution in [0.3, 0.4) is 0 Å². The average Bonchev–Trinajstić information content (AvgIpc) is 2.48. The van der Waals surface area contributed by atoms with Gasteiger partial charge in [-0.1, -0.05) is 6.92 Å². The van der Waals surface area contributed by atoms with Crippen LogP contribution >= 0.6 is 0 Å². The average molecular weight is 203 g/mol. The summed E-state index contributed by atoms with van der Waals surface area (Å²) in [7, 11) is -3.35. The van der Waals surface area contributed by atoms with E-state index in [2.05, 4.69) is 14.9 Å². The van der Waals surface area contributed by atoms with E-state index < -0.39 is 10.0 Å². The van der Waals surface area contributed by atoms with Crippen molar-refractivity contribution in [1.29, 1.82) is 0 Å². The molecule has 0 saturated carbocycles. The van der Waals surface area contributed by atoms with Crippen LogP contribution in [0, 0.1) is 6.92 Å². The molecule has 1 aromatic rings. The van der Waals surface area contributed by atoms with E-state index in [1.54, 1.807) is 6.92 Å². The summed E-state index contributed by atoms with van der Waals surface area (Å²) in [5.74, 6) is 0. The fraction of sp³-hybridized carbons (Fsp3) is 0.571. The fourth-order valence-corrected chi connectivity index (χ4v) is 2.19. The summed E-state index contributed by atoms with van der Waals surface area (Å²) in [6.07, 6.45) is 2.09. The van der Waals surface area contributed by atoms with Crippen molar-refractivity contribution in [1.82, 2.24) is 14.9 Å². The maximum absolute atomic E-state index is 11.5. The van der Waals surface area contributed by atoms with Crippen LogP contribution in [0.2, 0.25) is 0 Å². The van der Waals surface area contributed by atoms with Gasteiger partial charge in [0.05, 0.1) is 11.9 Å². The number of nitrogens with zero attached hydrogens (tertiary/aromatic N) is 1. The number of aromatic nitrogens is 2. The van der Waals surface area contributed by atoms with Gasteiger partial charge in [-0.25, -0.2) is 13.1 Å². The van der Waals surface area contributed by atoms with Gasteiger partial charge < -0.3 is 0 Å². The van der Waals surface area contributed by atoms with Gasteiger partial charge in [-0.05, 0) is 13.3 Å². The molecule has 0 unspecified atom stereocenters. The Morgan fingerprint density at radius 2 is 2.31 bits per heavy atom. The van der Waals surface area contributed by atoms with Crippen LogP contribution in [0.1, 0.15) is 19.0 Å². The smallest absolute Gasteiger partial charge is 0.243 e. The molecule has 0 radical (unpaired) electrons. The summed E-state index contributed by atoms with van der Waals surface area (Å²) in [4.78, 5) is 0.223. The van der Waals surface area contributed by atoms with Gasteiger partial charge in [0, 0.05) is 6.54 Å². The molecule has 0 amide bonds. The number of nitrogens with one attached hydrogen (secondary N) is 2. The molecule has 0 spiro atoms. The Morgan fingerprint density at radius 1 is 1.62 bits per heavy atom. The molecule has 0 atom stereocenters. The molecule has 0 aliphatic rings. The van der Waals surface area contributed by atoms with Gasteiger partial charge in [0.1, 0.15) is 4.90 Å². The lowest BCUT2D eigenvalue weighted by atomic mass is 10.5. The molecule has 5 nitrogen and oxygen atoms in total. The van der Waals surface area contributed by atoms with Gasteiger partial charge >= 0.3 is 0 Å². The minimum absolute atomic E-state index is 0.223. The predicted molar refractivity (Wildman–Crippen MR) is 48.8 cm³/mol. The minimum Gasteiger partial charge on any atom is -0.281 e. The zero-order valence-electron chi connectivity index (χ0n) is 7.66. The quantitative estimate of drug-likeness (QED) is 0.744. The third kappa shape index (κ3) is 2.28. The summed E-state index contributed by atoms with van der Waals surface area (Å²) < 4.78 is 25.5. The second-order valence-electron chi connectivity index (χ2n) is 2.76. The van der Waals surface area contributed by atoms with E-state index in [0.29, 0.717) is 12.2 Å². The molecule has 1 heterocycles. The lowest BCUT2D eigenvalue weighted by Crippen LogP contribution is -2.24. The summed E-state index contributed by atoms with van der Waals surface area (Å²) in [6.45, 7) is 4.03. The van der Waals surface area contributed by atoms with Crippen LogP contribution in [-0.4, -0.2) is 25.2 Å². The number of aryl methyl sites for hydroxylation is 1. The molecule has 13 heavy (non-hydrogen) atoms. The van der Waals surface area contributed by atoms with E-state index in [9.17, 15) is 8.42 Å². The minimum atomic E-state index is -3.35. The van der Waals surface area contributed by atoms with E-state index in [1.807, 2.05) is 6.92 Å². The van der Waals surface area contributed by atoms with Crippen molar-refractivity contribution in [2.75, 3.05) is 6.54 Å². The summed E-state index contributed by atoms with van der Waals surface area (Å²) in [5.41, 5.74) is 0.559. The van der Waals surface area contributed by atoms with Crippen molar-refractivity contribution >= 4 is 10.0 Å². The van der Waals surface area contributed by atoms with Gasteiger partial charge in [0.15, 0.2) is 0 Å². The van der Waals surface area contributed by atoms with Crippen LogP contribution in [0.15, 0.2) is 11.1 Å². The Balaban J connectivity index is 2.88. The molecule has 0 aliphatic carbocycles. The van der Waals surface area contributed by atoms with Gasteiger partial charge in [0.25, 0.3) is 0 Å². The molecule has 74 valence electrons. The third-order valence-electron chi connectivity index (χ3n) is 1.62. The Morgan fingerprint density at radius 3 is 2.77 bits per heavy atom. The third-order valence-corrected chi connectivity index (χ3v) is 3.19. The first kappa shape index (κ1) is 10.2. The Labute approximate surface area is 77.6 Å². The van der Waals surface area contributed by atoms with Crippen molar-refractivity contribution in [2.24, 2.45) is 0 Å². The second kappa shape index (κ2) is 3.89. The number of sulfonamides is 1. The van der Waals surface area contributed by atoms with Crippen molar-refractivity contribution in [3.63, 3.8) is 0 Å². The molecule has 2 N–H and O–H groups in total. The summed E-state index contributed by atoms with van der Waals surface area (Å²) in [5, 5.41) is 6.23. The van der Waals surface area contributed by atoms with Crippen molar-refractivity contribution in [3.05, 3.63) is 11.9 Å². The fourth-order valence-electron chi connectivity index (χ4n) is 0.925. The highest BCUT2D eigenvalue weighted by Crippen LogP contribution is 2.09. The predicted octanol–water partition coefficient (Wildman–Crippen LogP) is 0.406. The molecule has 1 rings (SSSR count). The van der Waals surface area contributed by atoms with Crippen LogP contribution < -0.4 is 4.72 Å². The molecule has 0 aliphatic heterocycles. The zero-order chi connectivity index (χ0) is 9.90. The summed E-state index contributed by atoms with van der Waals surface area (Å²) >= 11 is 0. The highest BCUT2D eigenvalue weighted by atomic mass is 32.2. The number of hydrogen-bond donors (Lipinski definition) is 2. The SMILES string of the molecule is CCCNS(=O)(=O)c1cn[nH]c1C. The largest absolute Gasteiger partial charge is 0.281 e. The van der Waals surface area contributed by atoms with E-state index in [-0.39, 0.29) is 4.90 Å². The normalized spacial score (nSPS) is 11.8. The molecular formula is C7H13N3O2S. The number of aromatic amines is 1. The standard InChI is InChI=1S/C7H13N3O2S/c1-3-4-9-13(11,12)7-5-8-10-6(7)2/h5,9H,3-4H2,1-2H3,(H,8,10). The zero-order valence-corrected chi connectivity index (χ0v) is 8.48. The lowest BCUT2D eigenvalue weighted by molar-refractivity contribution is 0.580. The van der Waals surface area contributed by atoms with E-state index in [1.165, 1.54) is 6.20 Å². The van der Waals surface area contributed by atoms with Crippen molar-refractivity contribution < 1.29 is 8.42 Å². The first-order valence-corrected chi connectivity index (χ1v) is 5.56. The molecule has 0 saturated heterocycles. The monoisotopic (exact) mass is 203 g/mol. The van der Waals surface area contributed by atoms with Gasteiger partial charge in [0.2, 0.25) is 10.0 Å². The van der Waals surface area contributed by atoms with Crippen molar-refractivity contribution in [3.8, 4) is 0 Å². The Hall–Kier alpha value is -0.880. The van der Waals surface area contributed by atoms with Gasteiger partial charge in [-0.15, -0.1) is 0 Å². The maximum atomic E-state index is 11.5. The maximum Gasteiger partial charge on any atom is 0.243 e. The van der Waals surface area contributed by atoms with Crippen LogP contribution in [-0.2, 0) is 10.0 Å².